The Balaban J connectivity index is 1.94. The Bertz CT molecular complexity index is 546. The Morgan fingerprint density at radius 1 is 1.43 bits per heavy atom. The van der Waals surface area contributed by atoms with E-state index in [1.54, 1.807) is 0 Å². The van der Waals surface area contributed by atoms with Crippen molar-refractivity contribution in [3.8, 4) is 0 Å². The molecule has 4 atom stereocenters. The number of methoxy groups -OCH3 is 1. The van der Waals surface area contributed by atoms with Gasteiger partial charge in [0.05, 0.1) is 13.0 Å². The first kappa shape index (κ1) is 15.3. The van der Waals surface area contributed by atoms with E-state index in [2.05, 4.69) is 53.0 Å². The van der Waals surface area contributed by atoms with E-state index < -0.39 is 0 Å². The maximum absolute atomic E-state index is 12.3. The number of ether oxygens (including phenoxy) is 1. The summed E-state index contributed by atoms with van der Waals surface area (Å²) in [6, 6.07) is 7.54. The third-order valence-electron chi connectivity index (χ3n) is 5.04. The molecule has 0 aromatic heterocycles. The van der Waals surface area contributed by atoms with Gasteiger partial charge >= 0.3 is 5.97 Å². The minimum atomic E-state index is -0.0626. The minimum absolute atomic E-state index is 0.0444. The van der Waals surface area contributed by atoms with E-state index in [4.69, 9.17) is 4.74 Å². The molecule has 0 amide bonds. The average molecular weight is 399 g/mol. The first-order valence-corrected chi connectivity index (χ1v) is 8.84. The summed E-state index contributed by atoms with van der Waals surface area (Å²) in [7, 11) is 1.50. The van der Waals surface area contributed by atoms with Crippen molar-refractivity contribution in [3.05, 3.63) is 32.9 Å². The van der Waals surface area contributed by atoms with E-state index in [-0.39, 0.29) is 23.8 Å². The number of aryl methyl sites for hydroxylation is 1. The van der Waals surface area contributed by atoms with Gasteiger partial charge in [0, 0.05) is 21.6 Å². The highest BCUT2D eigenvalue weighted by Gasteiger charge is 2.46. The fraction of sp³-hybridized carbons (Fsp3) is 0.588. The fourth-order valence-electron chi connectivity index (χ4n) is 3.94. The van der Waals surface area contributed by atoms with E-state index in [1.807, 2.05) is 0 Å². The topological polar surface area (TPSA) is 38.3 Å². The molecule has 2 aliphatic rings. The van der Waals surface area contributed by atoms with Crippen LogP contribution in [0.5, 0.6) is 0 Å². The van der Waals surface area contributed by atoms with Crippen molar-refractivity contribution >= 4 is 28.6 Å². The quantitative estimate of drug-likeness (QED) is 0.627. The molecule has 3 nitrogen and oxygen atoms in total. The van der Waals surface area contributed by atoms with Crippen molar-refractivity contribution in [2.45, 2.75) is 50.6 Å². The number of hydrogen-bond donors (Lipinski definition) is 1. The highest BCUT2D eigenvalue weighted by Crippen LogP contribution is 2.42. The van der Waals surface area contributed by atoms with Gasteiger partial charge in [-0.05, 0) is 65.5 Å². The maximum Gasteiger partial charge on any atom is 0.310 e. The number of carbonyl (C=O) groups excluding carboxylic acids is 1. The lowest BCUT2D eigenvalue weighted by Gasteiger charge is -2.36. The molecule has 0 radical (unpaired) electrons. The monoisotopic (exact) mass is 399 g/mol. The second-order valence-corrected chi connectivity index (χ2v) is 7.31. The summed E-state index contributed by atoms with van der Waals surface area (Å²) in [6.07, 6.45) is 4.36. The normalized spacial score (nSPS) is 31.2. The Labute approximate surface area is 140 Å². The summed E-state index contributed by atoms with van der Waals surface area (Å²) in [4.78, 5) is 12.3. The number of piperidine rings is 1. The summed E-state index contributed by atoms with van der Waals surface area (Å²) in [6.45, 7) is 2.18. The zero-order valence-corrected chi connectivity index (χ0v) is 14.7. The highest BCUT2D eigenvalue weighted by molar-refractivity contribution is 14.1. The van der Waals surface area contributed by atoms with Crippen LogP contribution in [0.4, 0.5) is 0 Å². The van der Waals surface area contributed by atoms with Crippen LogP contribution in [0.2, 0.25) is 0 Å². The van der Waals surface area contributed by atoms with Gasteiger partial charge in [-0.1, -0.05) is 19.1 Å². The molecule has 21 heavy (non-hydrogen) atoms. The van der Waals surface area contributed by atoms with Gasteiger partial charge in [0.15, 0.2) is 0 Å². The van der Waals surface area contributed by atoms with Crippen molar-refractivity contribution < 1.29 is 9.53 Å². The van der Waals surface area contributed by atoms with Gasteiger partial charge in [-0.15, -0.1) is 0 Å². The van der Waals surface area contributed by atoms with Gasteiger partial charge in [0.25, 0.3) is 0 Å². The molecule has 2 heterocycles. The van der Waals surface area contributed by atoms with E-state index in [9.17, 15) is 4.79 Å². The summed E-state index contributed by atoms with van der Waals surface area (Å²) in [5, 5.41) is 3.59. The van der Waals surface area contributed by atoms with E-state index in [0.29, 0.717) is 6.04 Å². The molecule has 2 aliphatic heterocycles. The zero-order valence-electron chi connectivity index (χ0n) is 12.6. The second-order valence-electron chi connectivity index (χ2n) is 6.14. The lowest BCUT2D eigenvalue weighted by Crippen LogP contribution is -2.48. The van der Waals surface area contributed by atoms with Crippen LogP contribution < -0.4 is 5.32 Å². The SMILES string of the molecule is CCc1ccc([C@H]2C[C@@H]3CC[C@@H](N3)[C@H]2C(=O)OC)cc1I. The lowest BCUT2D eigenvalue weighted by molar-refractivity contribution is -0.148. The van der Waals surface area contributed by atoms with Crippen LogP contribution in [0.1, 0.15) is 43.2 Å². The zero-order chi connectivity index (χ0) is 15.0. The van der Waals surface area contributed by atoms with Crippen molar-refractivity contribution in [1.29, 1.82) is 0 Å². The molecule has 1 aromatic rings. The van der Waals surface area contributed by atoms with Crippen LogP contribution in [-0.2, 0) is 16.0 Å². The van der Waals surface area contributed by atoms with Crippen molar-refractivity contribution in [1.82, 2.24) is 5.32 Å². The first-order valence-electron chi connectivity index (χ1n) is 7.76. The molecule has 1 aromatic carbocycles. The van der Waals surface area contributed by atoms with Crippen molar-refractivity contribution in [3.63, 3.8) is 0 Å². The largest absolute Gasteiger partial charge is 0.469 e. The Hall–Kier alpha value is -0.620. The Morgan fingerprint density at radius 2 is 2.24 bits per heavy atom. The number of halogens is 1. The van der Waals surface area contributed by atoms with Crippen LogP contribution >= 0.6 is 22.6 Å². The molecule has 1 N–H and O–H groups in total. The van der Waals surface area contributed by atoms with Crippen molar-refractivity contribution in [2.75, 3.05) is 7.11 Å². The summed E-state index contributed by atoms with van der Waals surface area (Å²) in [5.41, 5.74) is 2.68. The first-order chi connectivity index (χ1) is 10.1. The molecule has 2 fully saturated rings. The maximum atomic E-state index is 12.3. The van der Waals surface area contributed by atoms with Gasteiger partial charge in [-0.2, -0.15) is 0 Å². The molecule has 4 heteroatoms. The third-order valence-corrected chi connectivity index (χ3v) is 6.05. The predicted octanol–water partition coefficient (Wildman–Crippen LogP) is 3.25. The standard InChI is InChI=1S/C17H22INO2/c1-3-10-4-5-11(8-14(10)18)13-9-12-6-7-15(19-12)16(13)17(20)21-2/h4-5,8,12-13,15-16,19H,3,6-7,9H2,1-2H3/t12-,13+,15+,16-/m0/s1. The number of esters is 1. The molecule has 0 unspecified atom stereocenters. The molecule has 0 spiro atoms. The van der Waals surface area contributed by atoms with E-state index in [0.717, 1.165) is 19.3 Å². The predicted molar refractivity (Wildman–Crippen MR) is 91.3 cm³/mol. The van der Waals surface area contributed by atoms with Gasteiger partial charge in [0.2, 0.25) is 0 Å². The Kier molecular flexibility index (Phi) is 4.54. The number of nitrogens with one attached hydrogen (secondary N) is 1. The lowest BCUT2D eigenvalue weighted by atomic mass is 9.77. The molecule has 2 bridgehead atoms. The number of carbonyl (C=O) groups is 1. The van der Waals surface area contributed by atoms with Crippen molar-refractivity contribution in [2.24, 2.45) is 5.92 Å². The average Bonchev–Trinajstić information content (AvgIpc) is 2.87. The number of hydrogen-bond acceptors (Lipinski definition) is 3. The third kappa shape index (κ3) is 2.84. The van der Waals surface area contributed by atoms with Crippen LogP contribution in [0, 0.1) is 9.49 Å². The van der Waals surface area contributed by atoms with Gasteiger partial charge in [-0.25, -0.2) is 0 Å². The summed E-state index contributed by atoms with van der Waals surface area (Å²) >= 11 is 2.41. The molecule has 0 saturated carbocycles. The summed E-state index contributed by atoms with van der Waals surface area (Å²) < 4.78 is 6.39. The highest BCUT2D eigenvalue weighted by atomic mass is 127. The van der Waals surface area contributed by atoms with Gasteiger partial charge in [-0.3, -0.25) is 4.79 Å². The number of benzene rings is 1. The molecular weight excluding hydrogens is 377 g/mol. The molecule has 3 rings (SSSR count). The van der Waals surface area contributed by atoms with Crippen LogP contribution in [0.25, 0.3) is 0 Å². The van der Waals surface area contributed by atoms with Crippen LogP contribution in [-0.4, -0.2) is 25.2 Å². The fourth-order valence-corrected chi connectivity index (χ4v) is 4.86. The van der Waals surface area contributed by atoms with Gasteiger partial charge < -0.3 is 10.1 Å². The Morgan fingerprint density at radius 3 is 2.90 bits per heavy atom. The molecular formula is C17H22INO2. The molecule has 114 valence electrons. The second kappa shape index (κ2) is 6.24. The molecule has 2 saturated heterocycles. The van der Waals surface area contributed by atoms with Gasteiger partial charge in [0.1, 0.15) is 0 Å². The van der Waals surface area contributed by atoms with E-state index >= 15 is 0 Å². The summed E-state index contributed by atoms with van der Waals surface area (Å²) in [5.74, 6) is 0.181. The van der Waals surface area contributed by atoms with E-state index in [1.165, 1.54) is 28.2 Å². The number of fused-ring (bicyclic) bond motifs is 2. The molecule has 0 aliphatic carbocycles. The van der Waals surface area contributed by atoms with Crippen LogP contribution in [0.3, 0.4) is 0 Å². The number of rotatable bonds is 3. The van der Waals surface area contributed by atoms with Crippen LogP contribution in [0.15, 0.2) is 18.2 Å². The smallest absolute Gasteiger partial charge is 0.310 e. The minimum Gasteiger partial charge on any atom is -0.469 e.